The van der Waals surface area contributed by atoms with Crippen molar-refractivity contribution in [2.45, 2.75) is 6.92 Å². The second-order valence-corrected chi connectivity index (χ2v) is 7.10. The largest absolute Gasteiger partial charge is 0.494 e. The smallest absolute Gasteiger partial charge is 0.150 e. The number of ether oxygens (including phenoxy) is 1. The van der Waals surface area contributed by atoms with Gasteiger partial charge in [0.05, 0.1) is 23.8 Å². The van der Waals surface area contributed by atoms with Crippen LogP contribution in [0.3, 0.4) is 0 Å². The maximum atomic E-state index is 5.99. The predicted molar refractivity (Wildman–Crippen MR) is 118 cm³/mol. The Kier molecular flexibility index (Phi) is 3.91. The molecule has 5 rings (SSSR count). The van der Waals surface area contributed by atoms with Gasteiger partial charge in [-0.3, -0.25) is 0 Å². The van der Waals surface area contributed by atoms with E-state index in [1.165, 1.54) is 27.4 Å². The zero-order valence-corrected chi connectivity index (χ0v) is 16.0. The van der Waals surface area contributed by atoms with E-state index in [0.717, 1.165) is 22.6 Å². The van der Waals surface area contributed by atoms with Crippen LogP contribution in [0.15, 0.2) is 91.0 Å². The van der Waals surface area contributed by atoms with Crippen LogP contribution in [0.4, 0.5) is 0 Å². The Hall–Kier alpha value is -3.52. The highest BCUT2D eigenvalue weighted by molar-refractivity contribution is 6.09. The minimum atomic E-state index is 0.892. The average Bonchev–Trinajstić information content (AvgIpc) is 3.08. The fourth-order valence-corrected chi connectivity index (χ4v) is 4.15. The van der Waals surface area contributed by atoms with Crippen LogP contribution in [-0.2, 0) is 0 Å². The molecule has 0 spiro atoms. The second kappa shape index (κ2) is 6.58. The van der Waals surface area contributed by atoms with Crippen LogP contribution < -0.4 is 4.74 Å². The normalized spacial score (nSPS) is 11.2. The van der Waals surface area contributed by atoms with Gasteiger partial charge in [-0.2, -0.15) is 0 Å². The zero-order chi connectivity index (χ0) is 19.1. The molecule has 136 valence electrons. The van der Waals surface area contributed by atoms with Crippen LogP contribution in [0.25, 0.3) is 38.6 Å². The Bertz CT molecular complexity index is 1250. The SMILES string of the molecule is COc1c(-c2ccccc2)cc(C)cc1-n1c2ccccc2c2ccccc21. The Morgan fingerprint density at radius 2 is 1.25 bits per heavy atom. The fourth-order valence-electron chi connectivity index (χ4n) is 4.15. The Morgan fingerprint density at radius 1 is 0.679 bits per heavy atom. The predicted octanol–water partition coefficient (Wildman–Crippen LogP) is 6.77. The van der Waals surface area contributed by atoms with Crippen LogP contribution in [0.1, 0.15) is 5.56 Å². The maximum absolute atomic E-state index is 5.99. The highest BCUT2D eigenvalue weighted by Gasteiger charge is 2.18. The summed E-state index contributed by atoms with van der Waals surface area (Å²) in [4.78, 5) is 0. The van der Waals surface area contributed by atoms with Gasteiger partial charge >= 0.3 is 0 Å². The number of rotatable bonds is 3. The summed E-state index contributed by atoms with van der Waals surface area (Å²) in [5.41, 5.74) is 6.92. The molecule has 4 aromatic carbocycles. The van der Waals surface area contributed by atoms with Gasteiger partial charge in [0, 0.05) is 16.3 Å². The number of aryl methyl sites for hydroxylation is 1. The molecule has 0 saturated heterocycles. The Balaban J connectivity index is 1.92. The quantitative estimate of drug-likeness (QED) is 0.345. The molecule has 0 unspecified atom stereocenters. The summed E-state index contributed by atoms with van der Waals surface area (Å²) in [6.45, 7) is 2.14. The number of aromatic nitrogens is 1. The first-order chi connectivity index (χ1) is 13.8. The van der Waals surface area contributed by atoms with Crippen molar-refractivity contribution >= 4 is 21.8 Å². The molecule has 0 atom stereocenters. The van der Waals surface area contributed by atoms with Gasteiger partial charge < -0.3 is 9.30 Å². The van der Waals surface area contributed by atoms with E-state index in [0.29, 0.717) is 0 Å². The molecule has 0 bridgehead atoms. The number of hydrogen-bond donors (Lipinski definition) is 0. The van der Waals surface area contributed by atoms with Gasteiger partial charge in [0.2, 0.25) is 0 Å². The lowest BCUT2D eigenvalue weighted by Gasteiger charge is -2.18. The van der Waals surface area contributed by atoms with Gasteiger partial charge in [0.15, 0.2) is 5.75 Å². The van der Waals surface area contributed by atoms with E-state index in [1.807, 2.05) is 6.07 Å². The van der Waals surface area contributed by atoms with Gasteiger partial charge in [-0.15, -0.1) is 0 Å². The minimum Gasteiger partial charge on any atom is -0.494 e. The van der Waals surface area contributed by atoms with Gasteiger partial charge in [0.1, 0.15) is 0 Å². The molecular formula is C26H21NO. The molecule has 0 amide bonds. The number of para-hydroxylation sites is 2. The van der Waals surface area contributed by atoms with Crippen molar-refractivity contribution < 1.29 is 4.74 Å². The number of hydrogen-bond acceptors (Lipinski definition) is 1. The molecule has 2 heteroatoms. The van der Waals surface area contributed by atoms with E-state index in [4.69, 9.17) is 4.74 Å². The summed E-state index contributed by atoms with van der Waals surface area (Å²) in [6, 6.07) is 32.0. The third-order valence-corrected chi connectivity index (χ3v) is 5.32. The summed E-state index contributed by atoms with van der Waals surface area (Å²) in [7, 11) is 1.76. The summed E-state index contributed by atoms with van der Waals surface area (Å²) in [5, 5.41) is 2.51. The number of nitrogens with zero attached hydrogens (tertiary/aromatic N) is 1. The second-order valence-electron chi connectivity index (χ2n) is 7.10. The van der Waals surface area contributed by atoms with Gasteiger partial charge in [-0.1, -0.05) is 66.7 Å². The third kappa shape index (κ3) is 2.49. The molecule has 5 aromatic rings. The van der Waals surface area contributed by atoms with Crippen molar-refractivity contribution in [3.05, 3.63) is 96.6 Å². The molecule has 1 aromatic heterocycles. The van der Waals surface area contributed by atoms with Gasteiger partial charge in [0.25, 0.3) is 0 Å². The summed E-state index contributed by atoms with van der Waals surface area (Å²) in [6.07, 6.45) is 0. The number of methoxy groups -OCH3 is 1. The molecule has 1 heterocycles. The standard InChI is InChI=1S/C26H21NO/c1-18-16-22(19-10-4-3-5-11-19)26(28-2)25(17-18)27-23-14-8-6-12-20(23)21-13-7-9-15-24(21)27/h3-17H,1-2H3. The van der Waals surface area contributed by atoms with E-state index in [-0.39, 0.29) is 0 Å². The van der Waals surface area contributed by atoms with Crippen LogP contribution >= 0.6 is 0 Å². The summed E-state index contributed by atoms with van der Waals surface area (Å²) < 4.78 is 8.31. The van der Waals surface area contributed by atoms with Crippen molar-refractivity contribution in [2.75, 3.05) is 7.11 Å². The van der Waals surface area contributed by atoms with E-state index < -0.39 is 0 Å². The monoisotopic (exact) mass is 363 g/mol. The third-order valence-electron chi connectivity index (χ3n) is 5.32. The topological polar surface area (TPSA) is 14.2 Å². The molecular weight excluding hydrogens is 342 g/mol. The molecule has 0 radical (unpaired) electrons. The Morgan fingerprint density at radius 3 is 1.86 bits per heavy atom. The van der Waals surface area contributed by atoms with Crippen molar-refractivity contribution in [2.24, 2.45) is 0 Å². The average molecular weight is 363 g/mol. The lowest BCUT2D eigenvalue weighted by Crippen LogP contribution is -2.01. The molecule has 0 saturated carbocycles. The van der Waals surface area contributed by atoms with E-state index in [9.17, 15) is 0 Å². The van der Waals surface area contributed by atoms with Gasteiger partial charge in [-0.05, 0) is 42.3 Å². The summed E-state index contributed by atoms with van der Waals surface area (Å²) >= 11 is 0. The van der Waals surface area contributed by atoms with Gasteiger partial charge in [-0.25, -0.2) is 0 Å². The molecule has 0 aliphatic rings. The molecule has 2 nitrogen and oxygen atoms in total. The molecule has 0 N–H and O–H groups in total. The fraction of sp³-hybridized carbons (Fsp3) is 0.0769. The summed E-state index contributed by atoms with van der Waals surface area (Å²) in [5.74, 6) is 0.892. The Labute approximate surface area is 164 Å². The van der Waals surface area contributed by atoms with E-state index in [1.54, 1.807) is 7.11 Å². The molecule has 0 aliphatic heterocycles. The van der Waals surface area contributed by atoms with Crippen molar-refractivity contribution in [1.29, 1.82) is 0 Å². The zero-order valence-electron chi connectivity index (χ0n) is 16.0. The minimum absolute atomic E-state index is 0.892. The van der Waals surface area contributed by atoms with Crippen LogP contribution in [0.2, 0.25) is 0 Å². The van der Waals surface area contributed by atoms with E-state index >= 15 is 0 Å². The molecule has 0 fully saturated rings. The van der Waals surface area contributed by atoms with Crippen LogP contribution in [-0.4, -0.2) is 11.7 Å². The molecule has 28 heavy (non-hydrogen) atoms. The van der Waals surface area contributed by atoms with E-state index in [2.05, 4.69) is 96.4 Å². The lowest BCUT2D eigenvalue weighted by molar-refractivity contribution is 0.415. The van der Waals surface area contributed by atoms with Crippen molar-refractivity contribution in [3.8, 4) is 22.6 Å². The van der Waals surface area contributed by atoms with Crippen LogP contribution in [0, 0.1) is 6.92 Å². The van der Waals surface area contributed by atoms with Crippen molar-refractivity contribution in [1.82, 2.24) is 4.57 Å². The highest BCUT2D eigenvalue weighted by atomic mass is 16.5. The lowest BCUT2D eigenvalue weighted by atomic mass is 10.0. The first-order valence-corrected chi connectivity index (χ1v) is 9.50. The highest BCUT2D eigenvalue weighted by Crippen LogP contribution is 2.40. The molecule has 0 aliphatic carbocycles. The maximum Gasteiger partial charge on any atom is 0.150 e. The number of fused-ring (bicyclic) bond motifs is 3. The van der Waals surface area contributed by atoms with Crippen molar-refractivity contribution in [3.63, 3.8) is 0 Å². The number of benzene rings is 4. The first-order valence-electron chi connectivity index (χ1n) is 9.50. The van der Waals surface area contributed by atoms with Crippen LogP contribution in [0.5, 0.6) is 5.75 Å². The first kappa shape index (κ1) is 16.6.